The van der Waals surface area contributed by atoms with E-state index in [4.69, 9.17) is 10.9 Å². The molecule has 1 heterocycles. The minimum absolute atomic E-state index is 0.198. The number of amidine groups is 1. The van der Waals surface area contributed by atoms with Crippen molar-refractivity contribution in [3.05, 3.63) is 0 Å². The maximum atomic E-state index is 11.3. The standard InChI is InChI=1S/C7H10N4O3S/c1-2-14-6(12)5(11-13)4-3-15-7(8)10-9-4/h13H,2-3H2,1H3,(H2,8,10). The molecular weight excluding hydrogens is 220 g/mol. The number of nitrogens with two attached hydrogens (primary N) is 1. The van der Waals surface area contributed by atoms with Gasteiger partial charge in [-0.3, -0.25) is 0 Å². The van der Waals surface area contributed by atoms with Crippen molar-refractivity contribution in [1.29, 1.82) is 0 Å². The largest absolute Gasteiger partial charge is 0.461 e. The Bertz CT molecular complexity index is 350. The molecule has 0 aliphatic carbocycles. The van der Waals surface area contributed by atoms with Gasteiger partial charge in [0.05, 0.1) is 6.61 Å². The molecular formula is C7H10N4O3S. The molecule has 0 unspecified atom stereocenters. The zero-order chi connectivity index (χ0) is 11.3. The maximum Gasteiger partial charge on any atom is 0.362 e. The molecule has 0 atom stereocenters. The summed E-state index contributed by atoms with van der Waals surface area (Å²) >= 11 is 1.20. The number of nitrogens with zero attached hydrogens (tertiary/aromatic N) is 3. The van der Waals surface area contributed by atoms with E-state index in [1.807, 2.05) is 0 Å². The normalized spacial score (nSPS) is 16.7. The number of carbonyl (C=O) groups excluding carboxylic acids is 1. The van der Waals surface area contributed by atoms with Crippen LogP contribution in [0.5, 0.6) is 0 Å². The van der Waals surface area contributed by atoms with Crippen LogP contribution in [0.3, 0.4) is 0 Å². The number of carbonyl (C=O) groups is 1. The third-order valence-electron chi connectivity index (χ3n) is 1.47. The number of hydrogen-bond donors (Lipinski definition) is 2. The first kappa shape index (κ1) is 11.5. The SMILES string of the molecule is CCOC(=O)C(=NO)C1=NN=C(N)SC1. The number of oxime groups is 1. The first-order valence-electron chi connectivity index (χ1n) is 4.11. The Hall–Kier alpha value is -1.57. The minimum atomic E-state index is -0.727. The van der Waals surface area contributed by atoms with Gasteiger partial charge in [-0.2, -0.15) is 0 Å². The molecule has 0 saturated carbocycles. The van der Waals surface area contributed by atoms with E-state index in [1.165, 1.54) is 11.8 Å². The molecule has 0 bridgehead atoms. The smallest absolute Gasteiger partial charge is 0.362 e. The molecule has 82 valence electrons. The Morgan fingerprint density at radius 1 is 1.73 bits per heavy atom. The summed E-state index contributed by atoms with van der Waals surface area (Å²) in [6, 6.07) is 0. The van der Waals surface area contributed by atoms with E-state index in [0.29, 0.717) is 10.9 Å². The van der Waals surface area contributed by atoms with Crippen molar-refractivity contribution in [1.82, 2.24) is 0 Å². The predicted octanol–water partition coefficient (Wildman–Crippen LogP) is -0.203. The Morgan fingerprint density at radius 3 is 2.93 bits per heavy atom. The van der Waals surface area contributed by atoms with Gasteiger partial charge >= 0.3 is 5.97 Å². The molecule has 3 N–H and O–H groups in total. The average Bonchev–Trinajstić information content (AvgIpc) is 2.22. The van der Waals surface area contributed by atoms with Crippen LogP contribution in [-0.4, -0.2) is 40.1 Å². The summed E-state index contributed by atoms with van der Waals surface area (Å²) in [6.07, 6.45) is 0. The van der Waals surface area contributed by atoms with Crippen LogP contribution in [0.4, 0.5) is 0 Å². The highest BCUT2D eigenvalue weighted by molar-refractivity contribution is 8.14. The van der Waals surface area contributed by atoms with Crippen LogP contribution in [0.15, 0.2) is 15.4 Å². The van der Waals surface area contributed by atoms with Gasteiger partial charge in [0.1, 0.15) is 5.71 Å². The fourth-order valence-electron chi connectivity index (χ4n) is 0.841. The third-order valence-corrected chi connectivity index (χ3v) is 2.26. The van der Waals surface area contributed by atoms with Crippen molar-refractivity contribution < 1.29 is 14.7 Å². The van der Waals surface area contributed by atoms with Crippen LogP contribution in [0.1, 0.15) is 6.92 Å². The topological polar surface area (TPSA) is 110 Å². The van der Waals surface area contributed by atoms with Crippen LogP contribution in [0.25, 0.3) is 0 Å². The van der Waals surface area contributed by atoms with E-state index in [0.717, 1.165) is 0 Å². The molecule has 0 aromatic carbocycles. The zero-order valence-electron chi connectivity index (χ0n) is 8.01. The second-order valence-electron chi connectivity index (χ2n) is 2.44. The second kappa shape index (κ2) is 5.35. The molecule has 1 rings (SSSR count). The lowest BCUT2D eigenvalue weighted by Gasteiger charge is -2.09. The summed E-state index contributed by atoms with van der Waals surface area (Å²) in [5, 5.41) is 19.0. The van der Waals surface area contributed by atoms with E-state index in [9.17, 15) is 4.79 Å². The van der Waals surface area contributed by atoms with Crippen LogP contribution in [-0.2, 0) is 9.53 Å². The summed E-state index contributed by atoms with van der Waals surface area (Å²) in [6.45, 7) is 1.85. The molecule has 8 heteroatoms. The molecule has 15 heavy (non-hydrogen) atoms. The van der Waals surface area contributed by atoms with Crippen molar-refractivity contribution in [3.8, 4) is 0 Å². The average molecular weight is 230 g/mol. The Morgan fingerprint density at radius 2 is 2.47 bits per heavy atom. The predicted molar refractivity (Wildman–Crippen MR) is 57.4 cm³/mol. The number of ether oxygens (including phenoxy) is 1. The lowest BCUT2D eigenvalue weighted by Crippen LogP contribution is -2.30. The number of hydrogen-bond acceptors (Lipinski definition) is 8. The summed E-state index contributed by atoms with van der Waals surface area (Å²) in [5.74, 6) is -0.400. The van der Waals surface area contributed by atoms with Crippen LogP contribution < -0.4 is 5.73 Å². The molecule has 7 nitrogen and oxygen atoms in total. The maximum absolute atomic E-state index is 11.3. The molecule has 0 saturated heterocycles. The van der Waals surface area contributed by atoms with Gasteiger partial charge in [0.25, 0.3) is 0 Å². The molecule has 0 fully saturated rings. The van der Waals surface area contributed by atoms with Gasteiger partial charge in [-0.1, -0.05) is 16.9 Å². The van der Waals surface area contributed by atoms with Gasteiger partial charge in [-0.25, -0.2) is 4.79 Å². The van der Waals surface area contributed by atoms with E-state index in [2.05, 4.69) is 20.1 Å². The van der Waals surface area contributed by atoms with Gasteiger partial charge in [-0.05, 0) is 6.92 Å². The van der Waals surface area contributed by atoms with Crippen molar-refractivity contribution in [2.45, 2.75) is 6.92 Å². The van der Waals surface area contributed by atoms with Crippen LogP contribution in [0, 0.1) is 0 Å². The van der Waals surface area contributed by atoms with Crippen molar-refractivity contribution in [2.24, 2.45) is 21.1 Å². The molecule has 0 spiro atoms. The van der Waals surface area contributed by atoms with Crippen LogP contribution >= 0.6 is 11.8 Å². The molecule has 0 radical (unpaired) electrons. The van der Waals surface area contributed by atoms with Crippen LogP contribution in [0.2, 0.25) is 0 Å². The van der Waals surface area contributed by atoms with Crippen molar-refractivity contribution >= 4 is 34.3 Å². The first-order valence-corrected chi connectivity index (χ1v) is 5.10. The highest BCUT2D eigenvalue weighted by Crippen LogP contribution is 2.08. The van der Waals surface area contributed by atoms with Gasteiger partial charge < -0.3 is 15.7 Å². The quantitative estimate of drug-likeness (QED) is 0.302. The van der Waals surface area contributed by atoms with Crippen molar-refractivity contribution in [2.75, 3.05) is 12.4 Å². The van der Waals surface area contributed by atoms with Gasteiger partial charge in [0.15, 0.2) is 5.17 Å². The lowest BCUT2D eigenvalue weighted by molar-refractivity contribution is -0.134. The van der Waals surface area contributed by atoms with E-state index < -0.39 is 5.97 Å². The molecule has 0 aromatic rings. The van der Waals surface area contributed by atoms with E-state index >= 15 is 0 Å². The minimum Gasteiger partial charge on any atom is -0.461 e. The molecule has 0 aromatic heterocycles. The first-order chi connectivity index (χ1) is 7.19. The number of esters is 1. The van der Waals surface area contributed by atoms with E-state index in [1.54, 1.807) is 6.92 Å². The van der Waals surface area contributed by atoms with E-state index in [-0.39, 0.29) is 18.0 Å². The molecule has 0 amide bonds. The fourth-order valence-corrected chi connectivity index (χ4v) is 1.42. The fraction of sp³-hybridized carbons (Fsp3) is 0.429. The summed E-state index contributed by atoms with van der Waals surface area (Å²) in [4.78, 5) is 11.3. The third kappa shape index (κ3) is 2.94. The summed E-state index contributed by atoms with van der Waals surface area (Å²) in [7, 11) is 0. The monoisotopic (exact) mass is 230 g/mol. The number of thioether (sulfide) groups is 1. The highest BCUT2D eigenvalue weighted by atomic mass is 32.2. The second-order valence-corrected chi connectivity index (χ2v) is 3.44. The highest BCUT2D eigenvalue weighted by Gasteiger charge is 2.23. The summed E-state index contributed by atoms with van der Waals surface area (Å²) in [5.41, 5.74) is 5.37. The lowest BCUT2D eigenvalue weighted by atomic mass is 10.2. The van der Waals surface area contributed by atoms with Crippen molar-refractivity contribution in [3.63, 3.8) is 0 Å². The number of rotatable bonds is 3. The Labute approximate surface area is 90.1 Å². The Kier molecular flexibility index (Phi) is 4.10. The molecule has 1 aliphatic heterocycles. The zero-order valence-corrected chi connectivity index (χ0v) is 8.82. The molecule has 1 aliphatic rings. The van der Waals surface area contributed by atoms with Gasteiger partial charge in [0.2, 0.25) is 5.71 Å². The van der Waals surface area contributed by atoms with Gasteiger partial charge in [0, 0.05) is 5.75 Å². The Balaban J connectivity index is 2.81. The summed E-state index contributed by atoms with van der Waals surface area (Å²) < 4.78 is 4.68. The van der Waals surface area contributed by atoms with Gasteiger partial charge in [-0.15, -0.1) is 10.2 Å².